The number of amides is 1. The first-order valence-electron chi connectivity index (χ1n) is 7.94. The second-order valence-corrected chi connectivity index (χ2v) is 6.55. The molecule has 0 aliphatic rings. The zero-order valence-electron chi connectivity index (χ0n) is 14.6. The van der Waals surface area contributed by atoms with E-state index in [2.05, 4.69) is 15.6 Å². The molecule has 0 saturated carbocycles. The first-order chi connectivity index (χ1) is 11.9. The Hall–Kier alpha value is -2.66. The molecule has 1 N–H and O–H groups in total. The van der Waals surface area contributed by atoms with Crippen molar-refractivity contribution in [1.82, 2.24) is 15.0 Å². The molecule has 0 aliphatic carbocycles. The summed E-state index contributed by atoms with van der Waals surface area (Å²) in [6.45, 7) is 7.72. The molecule has 5 nitrogen and oxygen atoms in total. The van der Waals surface area contributed by atoms with Crippen molar-refractivity contribution in [2.75, 3.05) is 5.32 Å². The highest BCUT2D eigenvalue weighted by atomic mass is 35.5. The second-order valence-electron chi connectivity index (χ2n) is 6.14. The third kappa shape index (κ3) is 3.42. The number of anilines is 1. The number of carbonyl (C=O) groups excluding carboxylic acids is 1. The SMILES string of the molecule is Cc1ccc(NC(=O)c2nnn(-c3ccc(C)c(Cl)c3)c2C)c(C)c1. The van der Waals surface area contributed by atoms with Crippen LogP contribution in [-0.4, -0.2) is 20.9 Å². The second kappa shape index (κ2) is 6.69. The monoisotopic (exact) mass is 354 g/mol. The molecule has 0 atom stereocenters. The normalized spacial score (nSPS) is 10.8. The summed E-state index contributed by atoms with van der Waals surface area (Å²) in [6, 6.07) is 11.5. The molecule has 0 aliphatic heterocycles. The minimum absolute atomic E-state index is 0.283. The molecule has 2 aromatic carbocycles. The average molecular weight is 355 g/mol. The number of carbonyl (C=O) groups is 1. The molecule has 6 heteroatoms. The predicted octanol–water partition coefficient (Wildman–Crippen LogP) is 4.41. The van der Waals surface area contributed by atoms with Gasteiger partial charge in [0.2, 0.25) is 0 Å². The van der Waals surface area contributed by atoms with Crippen LogP contribution in [0, 0.1) is 27.7 Å². The summed E-state index contributed by atoms with van der Waals surface area (Å²) in [5.74, 6) is -0.283. The van der Waals surface area contributed by atoms with Crippen LogP contribution < -0.4 is 5.32 Å². The van der Waals surface area contributed by atoms with Gasteiger partial charge in [-0.25, -0.2) is 4.68 Å². The number of aromatic nitrogens is 3. The Morgan fingerprint density at radius 3 is 2.48 bits per heavy atom. The summed E-state index contributed by atoms with van der Waals surface area (Å²) in [6.07, 6.45) is 0. The van der Waals surface area contributed by atoms with Gasteiger partial charge in [-0.1, -0.05) is 40.6 Å². The maximum atomic E-state index is 12.6. The van der Waals surface area contributed by atoms with E-state index in [9.17, 15) is 4.79 Å². The lowest BCUT2D eigenvalue weighted by Crippen LogP contribution is -2.15. The van der Waals surface area contributed by atoms with Crippen LogP contribution >= 0.6 is 11.6 Å². The first kappa shape index (κ1) is 17.2. The van der Waals surface area contributed by atoms with Crippen molar-refractivity contribution in [3.05, 3.63) is 69.5 Å². The van der Waals surface area contributed by atoms with Gasteiger partial charge in [0.15, 0.2) is 5.69 Å². The highest BCUT2D eigenvalue weighted by molar-refractivity contribution is 6.31. The molecule has 0 fully saturated rings. The molecule has 3 rings (SSSR count). The van der Waals surface area contributed by atoms with Gasteiger partial charge in [-0.2, -0.15) is 0 Å². The maximum Gasteiger partial charge on any atom is 0.278 e. The Kier molecular flexibility index (Phi) is 4.59. The molecule has 3 aromatic rings. The quantitative estimate of drug-likeness (QED) is 0.758. The van der Waals surface area contributed by atoms with E-state index in [0.29, 0.717) is 10.7 Å². The van der Waals surface area contributed by atoms with E-state index < -0.39 is 0 Å². The Morgan fingerprint density at radius 1 is 1.04 bits per heavy atom. The minimum Gasteiger partial charge on any atom is -0.320 e. The van der Waals surface area contributed by atoms with E-state index in [1.54, 1.807) is 4.68 Å². The van der Waals surface area contributed by atoms with Gasteiger partial charge in [0.25, 0.3) is 5.91 Å². The van der Waals surface area contributed by atoms with Gasteiger partial charge in [0.05, 0.1) is 11.4 Å². The number of halogens is 1. The Labute approximate surface area is 151 Å². The summed E-state index contributed by atoms with van der Waals surface area (Å²) >= 11 is 6.18. The van der Waals surface area contributed by atoms with Gasteiger partial charge < -0.3 is 5.32 Å². The Morgan fingerprint density at radius 2 is 1.80 bits per heavy atom. The molecule has 0 unspecified atom stereocenters. The van der Waals surface area contributed by atoms with Crippen LogP contribution in [-0.2, 0) is 0 Å². The summed E-state index contributed by atoms with van der Waals surface area (Å²) < 4.78 is 1.61. The smallest absolute Gasteiger partial charge is 0.278 e. The third-order valence-corrected chi connectivity index (χ3v) is 4.55. The number of rotatable bonds is 3. The summed E-state index contributed by atoms with van der Waals surface area (Å²) in [7, 11) is 0. The number of aryl methyl sites for hydroxylation is 3. The highest BCUT2D eigenvalue weighted by Crippen LogP contribution is 2.21. The van der Waals surface area contributed by atoms with Crippen LogP contribution in [0.1, 0.15) is 32.9 Å². The molecular weight excluding hydrogens is 336 g/mol. The molecule has 0 spiro atoms. The van der Waals surface area contributed by atoms with E-state index in [1.807, 2.05) is 64.1 Å². The Bertz CT molecular complexity index is 962. The molecule has 1 amide bonds. The van der Waals surface area contributed by atoms with Gasteiger partial charge in [0.1, 0.15) is 0 Å². The van der Waals surface area contributed by atoms with E-state index in [4.69, 9.17) is 11.6 Å². The maximum absolute atomic E-state index is 12.6. The van der Waals surface area contributed by atoms with Crippen molar-refractivity contribution in [1.29, 1.82) is 0 Å². The van der Waals surface area contributed by atoms with Crippen LogP contribution in [0.2, 0.25) is 5.02 Å². The van der Waals surface area contributed by atoms with Crippen LogP contribution in [0.5, 0.6) is 0 Å². The van der Waals surface area contributed by atoms with Crippen molar-refractivity contribution >= 4 is 23.2 Å². The number of hydrogen-bond donors (Lipinski definition) is 1. The van der Waals surface area contributed by atoms with Crippen molar-refractivity contribution < 1.29 is 4.79 Å². The van der Waals surface area contributed by atoms with E-state index in [1.165, 1.54) is 0 Å². The van der Waals surface area contributed by atoms with Gasteiger partial charge in [-0.05, 0) is 57.0 Å². The minimum atomic E-state index is -0.283. The topological polar surface area (TPSA) is 59.8 Å². The zero-order valence-corrected chi connectivity index (χ0v) is 15.3. The molecular formula is C19H19ClN4O. The zero-order chi connectivity index (χ0) is 18.1. The molecule has 1 aromatic heterocycles. The number of benzene rings is 2. The molecule has 0 bridgehead atoms. The largest absolute Gasteiger partial charge is 0.320 e. The van der Waals surface area contributed by atoms with Gasteiger partial charge >= 0.3 is 0 Å². The van der Waals surface area contributed by atoms with Crippen LogP contribution in [0.15, 0.2) is 36.4 Å². The lowest BCUT2D eigenvalue weighted by molar-refractivity contribution is 0.102. The van der Waals surface area contributed by atoms with Crippen molar-refractivity contribution in [3.8, 4) is 5.69 Å². The first-order valence-corrected chi connectivity index (χ1v) is 8.32. The molecule has 25 heavy (non-hydrogen) atoms. The van der Waals surface area contributed by atoms with Gasteiger partial charge in [-0.3, -0.25) is 4.79 Å². The number of hydrogen-bond acceptors (Lipinski definition) is 3. The van der Waals surface area contributed by atoms with E-state index >= 15 is 0 Å². The summed E-state index contributed by atoms with van der Waals surface area (Å²) in [5.41, 5.74) is 5.61. The third-order valence-electron chi connectivity index (χ3n) is 4.14. The summed E-state index contributed by atoms with van der Waals surface area (Å²) in [5, 5.41) is 11.7. The molecule has 0 radical (unpaired) electrons. The predicted molar refractivity (Wildman–Crippen MR) is 99.7 cm³/mol. The standard InChI is InChI=1S/C19H19ClN4O/c1-11-5-8-17(13(3)9-11)21-19(25)18-14(4)24(23-22-18)15-7-6-12(2)16(20)10-15/h5-10H,1-4H3,(H,21,25). The van der Waals surface area contributed by atoms with Crippen LogP contribution in [0.4, 0.5) is 5.69 Å². The van der Waals surface area contributed by atoms with Crippen molar-refractivity contribution in [2.24, 2.45) is 0 Å². The molecule has 0 saturated heterocycles. The van der Waals surface area contributed by atoms with Crippen LogP contribution in [0.25, 0.3) is 5.69 Å². The van der Waals surface area contributed by atoms with Crippen LogP contribution in [0.3, 0.4) is 0 Å². The van der Waals surface area contributed by atoms with Crippen molar-refractivity contribution in [3.63, 3.8) is 0 Å². The Balaban J connectivity index is 1.89. The molecule has 128 valence electrons. The fourth-order valence-corrected chi connectivity index (χ4v) is 2.81. The van der Waals surface area contributed by atoms with Gasteiger partial charge in [-0.15, -0.1) is 5.10 Å². The molecule has 1 heterocycles. The summed E-state index contributed by atoms with van der Waals surface area (Å²) in [4.78, 5) is 12.6. The average Bonchev–Trinajstić information content (AvgIpc) is 2.94. The fourth-order valence-electron chi connectivity index (χ4n) is 2.63. The fraction of sp³-hybridized carbons (Fsp3) is 0.211. The number of nitrogens with zero attached hydrogens (tertiary/aromatic N) is 3. The lowest BCUT2D eigenvalue weighted by atomic mass is 10.1. The van der Waals surface area contributed by atoms with Gasteiger partial charge in [0, 0.05) is 10.7 Å². The van der Waals surface area contributed by atoms with E-state index in [-0.39, 0.29) is 11.6 Å². The highest BCUT2D eigenvalue weighted by Gasteiger charge is 2.18. The van der Waals surface area contributed by atoms with Crippen molar-refractivity contribution in [2.45, 2.75) is 27.7 Å². The lowest BCUT2D eigenvalue weighted by Gasteiger charge is -2.09. The van der Waals surface area contributed by atoms with E-state index in [0.717, 1.165) is 28.1 Å². The number of nitrogens with one attached hydrogen (secondary N) is 1.